The molecule has 1 saturated carbocycles. The number of thiophene rings is 1. The largest absolute Gasteiger partial charge is 0.354 e. The zero-order chi connectivity index (χ0) is 22.2. The van der Waals surface area contributed by atoms with Crippen LogP contribution in [0.3, 0.4) is 0 Å². The van der Waals surface area contributed by atoms with Crippen molar-refractivity contribution in [1.82, 2.24) is 15.0 Å². The Morgan fingerprint density at radius 2 is 1.70 bits per heavy atom. The van der Waals surface area contributed by atoms with Crippen LogP contribution in [-0.4, -0.2) is 41.1 Å². The Balaban J connectivity index is 1.39. The fraction of sp³-hybridized carbons (Fsp3) is 0.308. The van der Waals surface area contributed by atoms with Crippen LogP contribution < -0.4 is 9.80 Å². The number of anilines is 2. The standard InChI is InChI=1S/C26H24N6S/c27-16-20-8-4-11-28-24(20)31-12-5-13-32(15-14-31)25-22-21(18-6-2-1-3-7-18)17-33-26(22)30-23(29-25)19-9-10-19/h1-4,6-8,11,17,19H,5,9-10,12-15H2. The Bertz CT molecular complexity index is 1340. The van der Waals surface area contributed by atoms with Gasteiger partial charge in [0.2, 0.25) is 0 Å². The summed E-state index contributed by atoms with van der Waals surface area (Å²) in [6, 6.07) is 16.5. The monoisotopic (exact) mass is 452 g/mol. The maximum Gasteiger partial charge on any atom is 0.146 e. The molecule has 0 spiro atoms. The summed E-state index contributed by atoms with van der Waals surface area (Å²) in [5, 5.41) is 12.9. The second-order valence-corrected chi connectivity index (χ2v) is 9.55. The molecule has 0 unspecified atom stereocenters. The summed E-state index contributed by atoms with van der Waals surface area (Å²) < 4.78 is 0. The van der Waals surface area contributed by atoms with Crippen molar-refractivity contribution in [2.45, 2.75) is 25.2 Å². The third-order valence-corrected chi connectivity index (χ3v) is 7.33. The van der Waals surface area contributed by atoms with Gasteiger partial charge < -0.3 is 9.80 Å². The predicted molar refractivity (Wildman–Crippen MR) is 133 cm³/mol. The van der Waals surface area contributed by atoms with Gasteiger partial charge in [0.15, 0.2) is 0 Å². The fourth-order valence-corrected chi connectivity index (χ4v) is 5.55. The van der Waals surface area contributed by atoms with E-state index in [4.69, 9.17) is 9.97 Å². The average molecular weight is 453 g/mol. The molecule has 1 saturated heterocycles. The van der Waals surface area contributed by atoms with Crippen LogP contribution in [0.5, 0.6) is 0 Å². The van der Waals surface area contributed by atoms with Gasteiger partial charge in [0.05, 0.1) is 10.9 Å². The molecule has 0 N–H and O–H groups in total. The third kappa shape index (κ3) is 3.81. The van der Waals surface area contributed by atoms with Crippen molar-refractivity contribution in [3.05, 3.63) is 65.4 Å². The highest BCUT2D eigenvalue weighted by molar-refractivity contribution is 7.17. The molecule has 2 aliphatic rings. The Labute approximate surface area is 197 Å². The highest BCUT2D eigenvalue weighted by atomic mass is 32.1. The lowest BCUT2D eigenvalue weighted by molar-refractivity contribution is 0.790. The topological polar surface area (TPSA) is 68.9 Å². The molecule has 0 radical (unpaired) electrons. The number of pyridine rings is 1. The Morgan fingerprint density at radius 1 is 0.909 bits per heavy atom. The smallest absolute Gasteiger partial charge is 0.146 e. The maximum absolute atomic E-state index is 9.53. The number of nitrogens with zero attached hydrogens (tertiary/aromatic N) is 6. The summed E-state index contributed by atoms with van der Waals surface area (Å²) in [6.45, 7) is 3.44. The molecule has 33 heavy (non-hydrogen) atoms. The second kappa shape index (κ2) is 8.45. The van der Waals surface area contributed by atoms with Gasteiger partial charge in [-0.3, -0.25) is 0 Å². The molecule has 0 amide bonds. The van der Waals surface area contributed by atoms with Crippen LogP contribution in [-0.2, 0) is 0 Å². The molecule has 164 valence electrons. The summed E-state index contributed by atoms with van der Waals surface area (Å²) in [7, 11) is 0. The summed E-state index contributed by atoms with van der Waals surface area (Å²) in [5.74, 6) is 3.35. The maximum atomic E-state index is 9.53. The van der Waals surface area contributed by atoms with Crippen molar-refractivity contribution >= 4 is 33.2 Å². The van der Waals surface area contributed by atoms with Crippen LogP contribution in [0.15, 0.2) is 54.0 Å². The second-order valence-electron chi connectivity index (χ2n) is 8.69. The highest BCUT2D eigenvalue weighted by Crippen LogP contribution is 2.43. The number of benzene rings is 1. The molecule has 6 rings (SSSR count). The van der Waals surface area contributed by atoms with Gasteiger partial charge in [-0.2, -0.15) is 5.26 Å². The van der Waals surface area contributed by atoms with E-state index < -0.39 is 0 Å². The van der Waals surface area contributed by atoms with Crippen molar-refractivity contribution < 1.29 is 0 Å². The lowest BCUT2D eigenvalue weighted by Gasteiger charge is -2.25. The summed E-state index contributed by atoms with van der Waals surface area (Å²) in [4.78, 5) is 20.4. The molecule has 0 atom stereocenters. The number of hydrogen-bond acceptors (Lipinski definition) is 7. The number of aromatic nitrogens is 3. The van der Waals surface area contributed by atoms with Crippen molar-refractivity contribution in [1.29, 1.82) is 5.26 Å². The molecule has 3 aromatic heterocycles. The SMILES string of the molecule is N#Cc1cccnc1N1CCCN(c2nc(C3CC3)nc3scc(-c4ccccc4)c23)CC1. The normalized spacial score (nSPS) is 16.6. The Kier molecular flexibility index (Phi) is 5.16. The molecule has 1 aliphatic heterocycles. The van der Waals surface area contributed by atoms with Gasteiger partial charge in [0.1, 0.15) is 28.4 Å². The van der Waals surface area contributed by atoms with Gasteiger partial charge in [-0.25, -0.2) is 15.0 Å². The van der Waals surface area contributed by atoms with Crippen LogP contribution in [0, 0.1) is 11.3 Å². The van der Waals surface area contributed by atoms with Crippen molar-refractivity contribution in [2.75, 3.05) is 36.0 Å². The first-order valence-corrected chi connectivity index (χ1v) is 12.4. The van der Waals surface area contributed by atoms with Gasteiger partial charge in [-0.15, -0.1) is 11.3 Å². The predicted octanol–water partition coefficient (Wildman–Crippen LogP) is 5.22. The molecule has 4 aromatic rings. The van der Waals surface area contributed by atoms with E-state index in [1.54, 1.807) is 17.5 Å². The molecule has 0 bridgehead atoms. The number of fused-ring (bicyclic) bond motifs is 1. The fourth-order valence-electron chi connectivity index (χ4n) is 4.60. The van der Waals surface area contributed by atoms with Crippen molar-refractivity contribution in [2.24, 2.45) is 0 Å². The minimum atomic E-state index is 0.505. The van der Waals surface area contributed by atoms with E-state index in [0.717, 1.165) is 54.9 Å². The first-order chi connectivity index (χ1) is 16.3. The molecular formula is C26H24N6S. The molecule has 2 fully saturated rings. The van der Waals surface area contributed by atoms with Crippen LogP contribution in [0.1, 0.15) is 36.6 Å². The van der Waals surface area contributed by atoms with E-state index in [9.17, 15) is 5.26 Å². The van der Waals surface area contributed by atoms with Crippen LogP contribution in [0.4, 0.5) is 11.6 Å². The van der Waals surface area contributed by atoms with Gasteiger partial charge in [-0.1, -0.05) is 30.3 Å². The first-order valence-electron chi connectivity index (χ1n) is 11.5. The zero-order valence-electron chi connectivity index (χ0n) is 18.3. The molecule has 4 heterocycles. The quantitative estimate of drug-likeness (QED) is 0.423. The van der Waals surface area contributed by atoms with Gasteiger partial charge >= 0.3 is 0 Å². The third-order valence-electron chi connectivity index (χ3n) is 6.46. The van der Waals surface area contributed by atoms with E-state index in [1.165, 1.54) is 29.4 Å². The molecule has 1 aromatic carbocycles. The summed E-state index contributed by atoms with van der Waals surface area (Å²) in [6.07, 6.45) is 5.13. The van der Waals surface area contributed by atoms with Gasteiger partial charge in [-0.05, 0) is 37.0 Å². The zero-order valence-corrected chi connectivity index (χ0v) is 19.1. The Morgan fingerprint density at radius 3 is 2.45 bits per heavy atom. The van der Waals surface area contributed by atoms with Crippen molar-refractivity contribution in [3.8, 4) is 17.2 Å². The summed E-state index contributed by atoms with van der Waals surface area (Å²) >= 11 is 1.72. The molecular weight excluding hydrogens is 428 g/mol. The Hall–Kier alpha value is -3.50. The lowest BCUT2D eigenvalue weighted by atomic mass is 10.1. The van der Waals surface area contributed by atoms with Gasteiger partial charge in [0.25, 0.3) is 0 Å². The van der Waals surface area contributed by atoms with Crippen LogP contribution in [0.2, 0.25) is 0 Å². The summed E-state index contributed by atoms with van der Waals surface area (Å²) in [5.41, 5.74) is 3.05. The molecule has 7 heteroatoms. The van der Waals surface area contributed by atoms with E-state index in [-0.39, 0.29) is 0 Å². The lowest BCUT2D eigenvalue weighted by Crippen LogP contribution is -2.32. The minimum absolute atomic E-state index is 0.505. The number of hydrogen-bond donors (Lipinski definition) is 0. The number of rotatable bonds is 4. The van der Waals surface area contributed by atoms with E-state index in [2.05, 4.69) is 56.6 Å². The van der Waals surface area contributed by atoms with Crippen LogP contribution in [0.25, 0.3) is 21.3 Å². The minimum Gasteiger partial charge on any atom is -0.354 e. The van der Waals surface area contributed by atoms with Crippen LogP contribution >= 0.6 is 11.3 Å². The highest BCUT2D eigenvalue weighted by Gasteiger charge is 2.30. The van der Waals surface area contributed by atoms with E-state index in [1.807, 2.05) is 12.1 Å². The van der Waals surface area contributed by atoms with Crippen molar-refractivity contribution in [3.63, 3.8) is 0 Å². The average Bonchev–Trinajstić information content (AvgIpc) is 3.67. The molecule has 1 aliphatic carbocycles. The van der Waals surface area contributed by atoms with Gasteiger partial charge in [0, 0.05) is 49.2 Å². The number of nitriles is 1. The molecule has 6 nitrogen and oxygen atoms in total. The first kappa shape index (κ1) is 20.1. The van der Waals surface area contributed by atoms with E-state index in [0.29, 0.717) is 11.5 Å². The van der Waals surface area contributed by atoms with E-state index >= 15 is 0 Å².